The van der Waals surface area contributed by atoms with Crippen LogP contribution in [0.25, 0.3) is 0 Å². The van der Waals surface area contributed by atoms with Gasteiger partial charge in [-0.1, -0.05) is 36.9 Å². The molecule has 0 amide bonds. The van der Waals surface area contributed by atoms with Gasteiger partial charge in [0, 0.05) is 0 Å². The highest BCUT2D eigenvalue weighted by atomic mass is 19.3. The Balaban J connectivity index is 2.08. The summed E-state index contributed by atoms with van der Waals surface area (Å²) in [4.78, 5) is 0. The molecule has 0 N–H and O–H groups in total. The fourth-order valence-electron chi connectivity index (χ4n) is 2.21. The van der Waals surface area contributed by atoms with Gasteiger partial charge in [-0.15, -0.1) is 0 Å². The summed E-state index contributed by atoms with van der Waals surface area (Å²) in [7, 11) is 0. The maximum atomic E-state index is 14.0. The smallest absolute Gasteiger partial charge is 0.294 e. The molecule has 2 rings (SSSR count). The third kappa shape index (κ3) is 4.09. The molecule has 2 atom stereocenters. The lowest BCUT2D eigenvalue weighted by Crippen LogP contribution is -2.45. The zero-order valence-electron chi connectivity index (χ0n) is 12.2. The van der Waals surface area contributed by atoms with E-state index in [9.17, 15) is 8.78 Å². The molecule has 116 valence electrons. The summed E-state index contributed by atoms with van der Waals surface area (Å²) < 4.78 is 44.4. The summed E-state index contributed by atoms with van der Waals surface area (Å²) in [5.41, 5.74) is 0.820. The Hall–Kier alpha value is -1.30. The maximum Gasteiger partial charge on any atom is 0.294 e. The molecular weight excluding hydrogens is 278 g/mol. The normalized spacial score (nSPS) is 23.0. The minimum atomic E-state index is -3.19. The van der Waals surface area contributed by atoms with Gasteiger partial charge in [-0.05, 0) is 25.5 Å². The molecule has 0 saturated carbocycles. The second-order valence-corrected chi connectivity index (χ2v) is 5.46. The molecule has 2 unspecified atom stereocenters. The first-order chi connectivity index (χ1) is 9.84. The van der Waals surface area contributed by atoms with Gasteiger partial charge in [0.25, 0.3) is 5.92 Å². The lowest BCUT2D eigenvalue weighted by atomic mass is 10.1. The van der Waals surface area contributed by atoms with Crippen LogP contribution in [0, 0.1) is 0 Å². The molecule has 1 saturated heterocycles. The predicted octanol–water partition coefficient (Wildman–Crippen LogP) is 3.54. The largest absolute Gasteiger partial charge is 0.364 e. The summed E-state index contributed by atoms with van der Waals surface area (Å²) in [5, 5.41) is 0. The van der Waals surface area contributed by atoms with Gasteiger partial charge in [0.2, 0.25) is 0 Å². The van der Waals surface area contributed by atoms with Gasteiger partial charge in [0.1, 0.15) is 6.10 Å². The summed E-state index contributed by atoms with van der Waals surface area (Å²) in [6.07, 6.45) is -1.68. The van der Waals surface area contributed by atoms with Crippen LogP contribution in [0.4, 0.5) is 8.78 Å². The molecule has 1 aromatic carbocycles. The molecular formula is C16H20F2O3. The van der Waals surface area contributed by atoms with Crippen LogP contribution in [0.15, 0.2) is 43.0 Å². The van der Waals surface area contributed by atoms with Crippen molar-refractivity contribution in [2.24, 2.45) is 0 Å². The van der Waals surface area contributed by atoms with Gasteiger partial charge in [-0.2, -0.15) is 8.78 Å². The monoisotopic (exact) mass is 298 g/mol. The zero-order chi connectivity index (χ0) is 15.5. The van der Waals surface area contributed by atoms with E-state index in [0.29, 0.717) is 6.08 Å². The van der Waals surface area contributed by atoms with Crippen LogP contribution in [0.1, 0.15) is 19.4 Å². The van der Waals surface area contributed by atoms with Crippen LogP contribution in [0.5, 0.6) is 0 Å². The van der Waals surface area contributed by atoms with Crippen molar-refractivity contribution in [1.82, 2.24) is 0 Å². The first-order valence-electron chi connectivity index (χ1n) is 6.83. The standard InChI is InChI=1S/C16H20F2O3/c1-4-16(17,18)14(13-11-20-15(2,3)21-13)19-10-12-8-6-5-7-9-12/h4-9,13-14H,1,10-11H2,2-3H3. The Morgan fingerprint density at radius 2 is 2.10 bits per heavy atom. The molecule has 1 aliphatic rings. The number of benzene rings is 1. The minimum absolute atomic E-state index is 0.0654. The van der Waals surface area contributed by atoms with Gasteiger partial charge < -0.3 is 14.2 Å². The molecule has 3 nitrogen and oxygen atoms in total. The summed E-state index contributed by atoms with van der Waals surface area (Å²) in [5.74, 6) is -4.07. The lowest BCUT2D eigenvalue weighted by Gasteiger charge is -2.29. The van der Waals surface area contributed by atoms with Crippen LogP contribution in [0.3, 0.4) is 0 Å². The molecule has 0 spiro atoms. The molecule has 0 aliphatic carbocycles. The Morgan fingerprint density at radius 1 is 1.43 bits per heavy atom. The van der Waals surface area contributed by atoms with Crippen LogP contribution < -0.4 is 0 Å². The molecule has 5 heteroatoms. The summed E-state index contributed by atoms with van der Waals surface area (Å²) in [6, 6.07) is 9.16. The molecule has 0 bridgehead atoms. The van der Waals surface area contributed by atoms with Gasteiger partial charge >= 0.3 is 0 Å². The summed E-state index contributed by atoms with van der Waals surface area (Å²) in [6.45, 7) is 6.71. The fourth-order valence-corrected chi connectivity index (χ4v) is 2.21. The number of ether oxygens (including phenoxy) is 3. The quantitative estimate of drug-likeness (QED) is 0.752. The van der Waals surface area contributed by atoms with Crippen molar-refractivity contribution in [2.75, 3.05) is 6.61 Å². The number of hydrogen-bond acceptors (Lipinski definition) is 3. The van der Waals surface area contributed by atoms with E-state index in [1.807, 2.05) is 30.3 Å². The molecule has 21 heavy (non-hydrogen) atoms. The van der Waals surface area contributed by atoms with Crippen molar-refractivity contribution < 1.29 is 23.0 Å². The second-order valence-electron chi connectivity index (χ2n) is 5.46. The van der Waals surface area contributed by atoms with E-state index in [1.165, 1.54) is 0 Å². The average molecular weight is 298 g/mol. The number of hydrogen-bond donors (Lipinski definition) is 0. The van der Waals surface area contributed by atoms with Crippen molar-refractivity contribution in [3.63, 3.8) is 0 Å². The highest BCUT2D eigenvalue weighted by Gasteiger charge is 2.48. The van der Waals surface area contributed by atoms with Crippen molar-refractivity contribution >= 4 is 0 Å². The number of halogens is 2. The Labute approximate surface area is 123 Å². The third-order valence-electron chi connectivity index (χ3n) is 3.29. The van der Waals surface area contributed by atoms with Crippen LogP contribution in [0.2, 0.25) is 0 Å². The molecule has 0 aromatic heterocycles. The van der Waals surface area contributed by atoms with Crippen molar-refractivity contribution in [3.05, 3.63) is 48.6 Å². The topological polar surface area (TPSA) is 27.7 Å². The van der Waals surface area contributed by atoms with E-state index in [2.05, 4.69) is 6.58 Å². The van der Waals surface area contributed by atoms with E-state index in [4.69, 9.17) is 14.2 Å². The Kier molecular flexibility index (Phi) is 4.76. The fraction of sp³-hybridized carbons (Fsp3) is 0.500. The zero-order valence-corrected chi connectivity index (χ0v) is 12.2. The van der Waals surface area contributed by atoms with Gasteiger partial charge in [-0.3, -0.25) is 0 Å². The van der Waals surface area contributed by atoms with Crippen molar-refractivity contribution in [1.29, 1.82) is 0 Å². The van der Waals surface area contributed by atoms with E-state index in [0.717, 1.165) is 5.56 Å². The van der Waals surface area contributed by atoms with E-state index < -0.39 is 23.9 Å². The predicted molar refractivity (Wildman–Crippen MR) is 75.1 cm³/mol. The molecule has 1 heterocycles. The molecule has 0 radical (unpaired) electrons. The highest BCUT2D eigenvalue weighted by molar-refractivity contribution is 5.13. The molecule has 1 fully saturated rings. The third-order valence-corrected chi connectivity index (χ3v) is 3.29. The second kappa shape index (κ2) is 6.22. The van der Waals surface area contributed by atoms with Gasteiger partial charge in [0.15, 0.2) is 11.9 Å². The van der Waals surface area contributed by atoms with Crippen LogP contribution in [-0.4, -0.2) is 30.5 Å². The Bertz CT molecular complexity index is 474. The Morgan fingerprint density at radius 3 is 2.62 bits per heavy atom. The van der Waals surface area contributed by atoms with Crippen molar-refractivity contribution in [3.8, 4) is 0 Å². The van der Waals surface area contributed by atoms with E-state index >= 15 is 0 Å². The maximum absolute atomic E-state index is 14.0. The molecule has 1 aromatic rings. The van der Waals surface area contributed by atoms with Crippen LogP contribution >= 0.6 is 0 Å². The van der Waals surface area contributed by atoms with Crippen molar-refractivity contribution in [2.45, 2.75) is 44.4 Å². The van der Waals surface area contributed by atoms with Gasteiger partial charge in [-0.25, -0.2) is 0 Å². The van der Waals surface area contributed by atoms with E-state index in [1.54, 1.807) is 13.8 Å². The van der Waals surface area contributed by atoms with Gasteiger partial charge in [0.05, 0.1) is 13.2 Å². The lowest BCUT2D eigenvalue weighted by molar-refractivity contribution is -0.193. The number of rotatable bonds is 6. The van der Waals surface area contributed by atoms with Crippen LogP contribution in [-0.2, 0) is 20.8 Å². The SMILES string of the molecule is C=CC(F)(F)C(OCc1ccccc1)C1COC(C)(C)O1. The first kappa shape index (κ1) is 16.1. The van der Waals surface area contributed by atoms with E-state index in [-0.39, 0.29) is 13.2 Å². The summed E-state index contributed by atoms with van der Waals surface area (Å²) >= 11 is 0. The molecule has 1 aliphatic heterocycles. The highest BCUT2D eigenvalue weighted by Crippen LogP contribution is 2.33. The average Bonchev–Trinajstić information content (AvgIpc) is 2.80. The first-order valence-corrected chi connectivity index (χ1v) is 6.83. The minimum Gasteiger partial charge on any atom is -0.364 e. The number of alkyl halides is 2.